The van der Waals surface area contributed by atoms with Crippen LogP contribution in [0.1, 0.15) is 12.0 Å². The number of carbonyl (C=O) groups is 1. The first-order valence-electron chi connectivity index (χ1n) is 4.92. The summed E-state index contributed by atoms with van der Waals surface area (Å²) >= 11 is 0. The van der Waals surface area contributed by atoms with Crippen LogP contribution < -0.4 is 5.32 Å². The van der Waals surface area contributed by atoms with E-state index in [0.29, 0.717) is 24.1 Å². The van der Waals surface area contributed by atoms with Crippen molar-refractivity contribution in [3.05, 3.63) is 46.0 Å². The number of nitrogens with one attached hydrogen (secondary N) is 1. The summed E-state index contributed by atoms with van der Waals surface area (Å²) < 4.78 is 0. The summed E-state index contributed by atoms with van der Waals surface area (Å²) in [7, 11) is 0. The molecule has 1 aliphatic heterocycles. The van der Waals surface area contributed by atoms with Crippen molar-refractivity contribution >= 4 is 17.2 Å². The second kappa shape index (κ2) is 4.14. The van der Waals surface area contributed by atoms with Gasteiger partial charge in [0, 0.05) is 18.2 Å². The normalized spacial score (nSPS) is 15.2. The zero-order chi connectivity index (χ0) is 11.5. The smallest absolute Gasteiger partial charge is 0.277 e. The van der Waals surface area contributed by atoms with Crippen molar-refractivity contribution in [3.63, 3.8) is 0 Å². The number of nitro benzene ring substituents is 1. The zero-order valence-corrected chi connectivity index (χ0v) is 8.47. The average molecular weight is 218 g/mol. The monoisotopic (exact) mass is 218 g/mol. The molecular formula is C11H10N2O3. The third-order valence-corrected chi connectivity index (χ3v) is 2.41. The summed E-state index contributed by atoms with van der Waals surface area (Å²) in [6.07, 6.45) is 2.44. The highest BCUT2D eigenvalue weighted by Gasteiger charge is 2.22. The van der Waals surface area contributed by atoms with Gasteiger partial charge in [-0.1, -0.05) is 18.2 Å². The number of hydrogen-bond acceptors (Lipinski definition) is 3. The Morgan fingerprint density at radius 1 is 1.31 bits per heavy atom. The van der Waals surface area contributed by atoms with E-state index >= 15 is 0 Å². The molecule has 2 rings (SSSR count). The Morgan fingerprint density at radius 3 is 2.75 bits per heavy atom. The van der Waals surface area contributed by atoms with E-state index in [9.17, 15) is 14.9 Å². The van der Waals surface area contributed by atoms with Crippen LogP contribution in [0, 0.1) is 10.1 Å². The fourth-order valence-corrected chi connectivity index (χ4v) is 1.68. The van der Waals surface area contributed by atoms with E-state index in [2.05, 4.69) is 5.32 Å². The predicted molar refractivity (Wildman–Crippen MR) is 58.7 cm³/mol. The van der Waals surface area contributed by atoms with E-state index in [4.69, 9.17) is 0 Å². The molecule has 1 heterocycles. The molecule has 0 aliphatic carbocycles. The Morgan fingerprint density at radius 2 is 2.06 bits per heavy atom. The summed E-state index contributed by atoms with van der Waals surface area (Å²) in [6.45, 7) is 0.586. The van der Waals surface area contributed by atoms with Gasteiger partial charge in [-0.25, -0.2) is 0 Å². The van der Waals surface area contributed by atoms with E-state index in [1.165, 1.54) is 6.07 Å². The van der Waals surface area contributed by atoms with E-state index in [-0.39, 0.29) is 11.6 Å². The molecule has 0 radical (unpaired) electrons. The van der Waals surface area contributed by atoms with Gasteiger partial charge in [0.25, 0.3) is 11.6 Å². The molecule has 1 aromatic carbocycles. The standard InChI is InChI=1S/C11H10N2O3/c14-11-9(5-3-7-12-11)8-4-1-2-6-10(8)13(15)16/h1-2,4-6H,3,7H2,(H,12,14). The molecular weight excluding hydrogens is 208 g/mol. The minimum atomic E-state index is -0.474. The summed E-state index contributed by atoms with van der Waals surface area (Å²) in [6, 6.07) is 6.26. The Bertz CT molecular complexity index is 480. The zero-order valence-electron chi connectivity index (χ0n) is 8.47. The minimum Gasteiger partial charge on any atom is -0.352 e. The minimum absolute atomic E-state index is 0.0363. The van der Waals surface area contributed by atoms with Gasteiger partial charge in [-0.2, -0.15) is 0 Å². The lowest BCUT2D eigenvalue weighted by atomic mass is 10.00. The quantitative estimate of drug-likeness (QED) is 0.603. The predicted octanol–water partition coefficient (Wildman–Crippen LogP) is 1.50. The number of carbonyl (C=O) groups excluding carboxylic acids is 1. The first-order valence-corrected chi connectivity index (χ1v) is 4.92. The highest BCUT2D eigenvalue weighted by molar-refractivity contribution is 6.21. The van der Waals surface area contributed by atoms with Crippen molar-refractivity contribution in [2.24, 2.45) is 0 Å². The first-order chi connectivity index (χ1) is 7.70. The van der Waals surface area contributed by atoms with Gasteiger partial charge in [-0.3, -0.25) is 14.9 Å². The number of hydrogen-bond donors (Lipinski definition) is 1. The summed E-state index contributed by atoms with van der Waals surface area (Å²) in [4.78, 5) is 21.9. The molecule has 1 N–H and O–H groups in total. The molecule has 0 atom stereocenters. The lowest BCUT2D eigenvalue weighted by Crippen LogP contribution is -2.28. The lowest BCUT2D eigenvalue weighted by molar-refractivity contribution is -0.385. The van der Waals surface area contributed by atoms with Crippen LogP contribution in [-0.4, -0.2) is 17.4 Å². The number of rotatable bonds is 2. The van der Waals surface area contributed by atoms with Crippen molar-refractivity contribution in [1.82, 2.24) is 5.32 Å². The van der Waals surface area contributed by atoms with Crippen LogP contribution in [0.5, 0.6) is 0 Å². The SMILES string of the molecule is O=C1NCCC=C1c1ccccc1[N+](=O)[O-]. The molecule has 0 spiro atoms. The second-order valence-corrected chi connectivity index (χ2v) is 3.44. The molecule has 1 amide bonds. The summed E-state index contributed by atoms with van der Waals surface area (Å²) in [5.74, 6) is -0.249. The van der Waals surface area contributed by atoms with E-state index in [1.807, 2.05) is 0 Å². The van der Waals surface area contributed by atoms with Crippen molar-refractivity contribution in [3.8, 4) is 0 Å². The molecule has 16 heavy (non-hydrogen) atoms. The van der Waals surface area contributed by atoms with Crippen molar-refractivity contribution in [1.29, 1.82) is 0 Å². The Balaban J connectivity index is 2.51. The van der Waals surface area contributed by atoms with Gasteiger partial charge >= 0.3 is 0 Å². The molecule has 5 nitrogen and oxygen atoms in total. The van der Waals surface area contributed by atoms with Crippen molar-refractivity contribution < 1.29 is 9.72 Å². The number of nitrogens with zero attached hydrogens (tertiary/aromatic N) is 1. The molecule has 0 unspecified atom stereocenters. The van der Waals surface area contributed by atoms with Crippen LogP contribution in [0.2, 0.25) is 0 Å². The Labute approximate surface area is 91.9 Å². The molecule has 82 valence electrons. The van der Waals surface area contributed by atoms with Crippen LogP contribution >= 0.6 is 0 Å². The second-order valence-electron chi connectivity index (χ2n) is 3.44. The molecule has 1 aliphatic rings. The fraction of sp³-hybridized carbons (Fsp3) is 0.182. The molecule has 0 bridgehead atoms. The number of nitro groups is 1. The summed E-state index contributed by atoms with van der Waals surface area (Å²) in [5, 5.41) is 13.5. The number of benzene rings is 1. The van der Waals surface area contributed by atoms with E-state index in [0.717, 1.165) is 0 Å². The maximum Gasteiger partial charge on any atom is 0.277 e. The maximum absolute atomic E-state index is 11.6. The van der Waals surface area contributed by atoms with Crippen molar-refractivity contribution in [2.75, 3.05) is 6.54 Å². The van der Waals surface area contributed by atoms with Crippen LogP contribution in [-0.2, 0) is 4.79 Å². The van der Waals surface area contributed by atoms with Gasteiger partial charge in [0.2, 0.25) is 0 Å². The van der Waals surface area contributed by atoms with E-state index in [1.54, 1.807) is 24.3 Å². The maximum atomic E-state index is 11.6. The molecule has 0 fully saturated rings. The molecule has 5 heteroatoms. The average Bonchev–Trinajstić information content (AvgIpc) is 2.29. The molecule has 1 aromatic rings. The topological polar surface area (TPSA) is 72.2 Å². The van der Waals surface area contributed by atoms with Gasteiger partial charge in [-0.15, -0.1) is 0 Å². The summed E-state index contributed by atoms with van der Waals surface area (Å²) in [5.41, 5.74) is 0.731. The van der Waals surface area contributed by atoms with Gasteiger partial charge < -0.3 is 5.32 Å². The number of para-hydroxylation sites is 1. The number of amides is 1. The highest BCUT2D eigenvalue weighted by atomic mass is 16.6. The van der Waals surface area contributed by atoms with Gasteiger partial charge in [0.05, 0.1) is 10.5 Å². The van der Waals surface area contributed by atoms with Crippen molar-refractivity contribution in [2.45, 2.75) is 6.42 Å². The third kappa shape index (κ3) is 1.79. The highest BCUT2D eigenvalue weighted by Crippen LogP contribution is 2.27. The lowest BCUT2D eigenvalue weighted by Gasteiger charge is -2.13. The largest absolute Gasteiger partial charge is 0.352 e. The van der Waals surface area contributed by atoms with E-state index < -0.39 is 4.92 Å². The van der Waals surface area contributed by atoms with Gasteiger partial charge in [0.15, 0.2) is 0 Å². The Hall–Kier alpha value is -2.17. The van der Waals surface area contributed by atoms with Crippen LogP contribution in [0.25, 0.3) is 5.57 Å². The van der Waals surface area contributed by atoms with Crippen LogP contribution in [0.3, 0.4) is 0 Å². The molecule has 0 saturated heterocycles. The van der Waals surface area contributed by atoms with Gasteiger partial charge in [0.1, 0.15) is 0 Å². The Kier molecular flexibility index (Phi) is 2.68. The first kappa shape index (κ1) is 10.4. The van der Waals surface area contributed by atoms with Crippen LogP contribution in [0.15, 0.2) is 30.3 Å². The third-order valence-electron chi connectivity index (χ3n) is 2.41. The van der Waals surface area contributed by atoms with Gasteiger partial charge in [-0.05, 0) is 12.5 Å². The molecule has 0 aromatic heterocycles. The fourth-order valence-electron chi connectivity index (χ4n) is 1.68. The van der Waals surface area contributed by atoms with Crippen LogP contribution in [0.4, 0.5) is 5.69 Å². The molecule has 0 saturated carbocycles.